The van der Waals surface area contributed by atoms with Crippen molar-refractivity contribution in [2.45, 2.75) is 46.1 Å². The maximum Gasteiger partial charge on any atom is 0.213 e. The molecule has 1 saturated carbocycles. The van der Waals surface area contributed by atoms with Crippen LogP contribution in [0.3, 0.4) is 0 Å². The molecule has 1 heterocycles. The first-order valence-electron chi connectivity index (χ1n) is 7.04. The van der Waals surface area contributed by atoms with Crippen LogP contribution >= 0.6 is 0 Å². The number of aromatic nitrogens is 1. The molecule has 1 fully saturated rings. The van der Waals surface area contributed by atoms with Crippen molar-refractivity contribution in [1.82, 2.24) is 4.98 Å². The maximum absolute atomic E-state index is 5.35. The Morgan fingerprint density at radius 3 is 2.83 bits per heavy atom. The second-order valence-corrected chi connectivity index (χ2v) is 5.46. The number of ether oxygens (including phenoxy) is 1. The minimum absolute atomic E-state index is 0.577. The molecule has 3 nitrogen and oxygen atoms in total. The fourth-order valence-corrected chi connectivity index (χ4v) is 2.65. The van der Waals surface area contributed by atoms with E-state index in [4.69, 9.17) is 4.74 Å². The van der Waals surface area contributed by atoms with Crippen molar-refractivity contribution < 1.29 is 4.74 Å². The SMILES string of the molecule is CCOc1ccc(NC2CC(C)CCC2C)cn1. The van der Waals surface area contributed by atoms with Crippen molar-refractivity contribution in [2.24, 2.45) is 11.8 Å². The van der Waals surface area contributed by atoms with Crippen LogP contribution in [0.5, 0.6) is 5.88 Å². The Morgan fingerprint density at radius 2 is 2.17 bits per heavy atom. The summed E-state index contributed by atoms with van der Waals surface area (Å²) in [4.78, 5) is 4.29. The van der Waals surface area contributed by atoms with Crippen LogP contribution in [-0.2, 0) is 0 Å². The fourth-order valence-electron chi connectivity index (χ4n) is 2.65. The number of pyridine rings is 1. The maximum atomic E-state index is 5.35. The van der Waals surface area contributed by atoms with Crippen molar-refractivity contribution in [1.29, 1.82) is 0 Å². The van der Waals surface area contributed by atoms with Crippen LogP contribution in [0.2, 0.25) is 0 Å². The van der Waals surface area contributed by atoms with Gasteiger partial charge in [0, 0.05) is 12.1 Å². The highest BCUT2D eigenvalue weighted by atomic mass is 16.5. The molecular formula is C15H24N2O. The van der Waals surface area contributed by atoms with E-state index in [-0.39, 0.29) is 0 Å². The van der Waals surface area contributed by atoms with Crippen LogP contribution in [0.1, 0.15) is 40.0 Å². The van der Waals surface area contributed by atoms with Crippen LogP contribution in [0.4, 0.5) is 5.69 Å². The first kappa shape index (κ1) is 13.2. The summed E-state index contributed by atoms with van der Waals surface area (Å²) in [5.74, 6) is 2.27. The molecular weight excluding hydrogens is 224 g/mol. The Kier molecular flexibility index (Phi) is 4.45. The smallest absolute Gasteiger partial charge is 0.213 e. The summed E-state index contributed by atoms with van der Waals surface area (Å²) in [5, 5.41) is 3.61. The highest BCUT2D eigenvalue weighted by Gasteiger charge is 2.25. The van der Waals surface area contributed by atoms with Gasteiger partial charge in [-0.1, -0.05) is 20.3 Å². The molecule has 1 aliphatic rings. The average Bonchev–Trinajstić information content (AvgIpc) is 2.37. The van der Waals surface area contributed by atoms with E-state index in [0.717, 1.165) is 17.5 Å². The van der Waals surface area contributed by atoms with Crippen LogP contribution in [0.15, 0.2) is 18.3 Å². The second-order valence-electron chi connectivity index (χ2n) is 5.46. The minimum atomic E-state index is 0.577. The van der Waals surface area contributed by atoms with Gasteiger partial charge in [0.2, 0.25) is 5.88 Å². The largest absolute Gasteiger partial charge is 0.478 e. The normalized spacial score (nSPS) is 27.8. The molecule has 0 amide bonds. The summed E-state index contributed by atoms with van der Waals surface area (Å²) in [6.07, 6.45) is 5.82. The molecule has 1 aliphatic carbocycles. The van der Waals surface area contributed by atoms with Crippen molar-refractivity contribution in [2.75, 3.05) is 11.9 Å². The van der Waals surface area contributed by atoms with E-state index >= 15 is 0 Å². The molecule has 18 heavy (non-hydrogen) atoms. The first-order valence-corrected chi connectivity index (χ1v) is 7.04. The number of nitrogens with one attached hydrogen (secondary N) is 1. The number of rotatable bonds is 4. The monoisotopic (exact) mass is 248 g/mol. The Labute approximate surface area is 110 Å². The molecule has 0 aliphatic heterocycles. The van der Waals surface area contributed by atoms with Gasteiger partial charge >= 0.3 is 0 Å². The van der Waals surface area contributed by atoms with E-state index in [0.29, 0.717) is 18.5 Å². The predicted octanol–water partition coefficient (Wildman–Crippen LogP) is 3.72. The van der Waals surface area contributed by atoms with Gasteiger partial charge in [-0.25, -0.2) is 4.98 Å². The molecule has 0 radical (unpaired) electrons. The van der Waals surface area contributed by atoms with E-state index in [2.05, 4.69) is 30.2 Å². The van der Waals surface area contributed by atoms with Gasteiger partial charge in [0.1, 0.15) is 0 Å². The molecule has 3 atom stereocenters. The van der Waals surface area contributed by atoms with Gasteiger partial charge in [-0.15, -0.1) is 0 Å². The van der Waals surface area contributed by atoms with Crippen molar-refractivity contribution in [3.63, 3.8) is 0 Å². The van der Waals surface area contributed by atoms with Crippen LogP contribution < -0.4 is 10.1 Å². The standard InChI is InChI=1S/C15H24N2O/c1-4-18-15-8-7-13(10-16-15)17-14-9-11(2)5-6-12(14)3/h7-8,10-12,14,17H,4-6,9H2,1-3H3. The van der Waals surface area contributed by atoms with E-state index in [1.165, 1.54) is 19.3 Å². The third kappa shape index (κ3) is 3.37. The molecule has 1 N–H and O–H groups in total. The highest BCUT2D eigenvalue weighted by Crippen LogP contribution is 2.30. The summed E-state index contributed by atoms with van der Waals surface area (Å²) in [6.45, 7) is 7.32. The molecule has 1 aromatic rings. The second kappa shape index (κ2) is 6.07. The van der Waals surface area contributed by atoms with Crippen LogP contribution in [0, 0.1) is 11.8 Å². The van der Waals surface area contributed by atoms with E-state index in [1.54, 1.807) is 0 Å². The zero-order valence-electron chi connectivity index (χ0n) is 11.6. The summed E-state index contributed by atoms with van der Waals surface area (Å²) in [5.41, 5.74) is 1.10. The van der Waals surface area contributed by atoms with E-state index < -0.39 is 0 Å². The summed E-state index contributed by atoms with van der Waals surface area (Å²) in [6, 6.07) is 4.57. The van der Waals surface area contributed by atoms with Gasteiger partial charge in [-0.3, -0.25) is 0 Å². The summed E-state index contributed by atoms with van der Waals surface area (Å²) in [7, 11) is 0. The van der Waals surface area contributed by atoms with Crippen LogP contribution in [0.25, 0.3) is 0 Å². The lowest BCUT2D eigenvalue weighted by atomic mass is 9.80. The summed E-state index contributed by atoms with van der Waals surface area (Å²) < 4.78 is 5.35. The van der Waals surface area contributed by atoms with Gasteiger partial charge in [0.05, 0.1) is 18.5 Å². The van der Waals surface area contributed by atoms with Crippen molar-refractivity contribution in [3.8, 4) is 5.88 Å². The van der Waals surface area contributed by atoms with Gasteiger partial charge in [-0.2, -0.15) is 0 Å². The molecule has 0 spiro atoms. The molecule has 3 heteroatoms. The third-order valence-corrected chi connectivity index (χ3v) is 3.84. The molecule has 0 saturated heterocycles. The Hall–Kier alpha value is -1.25. The molecule has 0 aromatic carbocycles. The topological polar surface area (TPSA) is 34.1 Å². The zero-order valence-corrected chi connectivity index (χ0v) is 11.6. The van der Waals surface area contributed by atoms with Gasteiger partial charge < -0.3 is 10.1 Å². The molecule has 2 rings (SSSR count). The highest BCUT2D eigenvalue weighted by molar-refractivity contribution is 5.43. The Morgan fingerprint density at radius 1 is 1.33 bits per heavy atom. The lowest BCUT2D eigenvalue weighted by Crippen LogP contribution is -2.33. The molecule has 1 aromatic heterocycles. The minimum Gasteiger partial charge on any atom is -0.478 e. The van der Waals surface area contributed by atoms with Gasteiger partial charge in [-0.05, 0) is 37.7 Å². The average molecular weight is 248 g/mol. The third-order valence-electron chi connectivity index (χ3n) is 3.84. The Balaban J connectivity index is 1.95. The Bertz CT molecular complexity index is 363. The molecule has 100 valence electrons. The number of hydrogen-bond donors (Lipinski definition) is 1. The number of hydrogen-bond acceptors (Lipinski definition) is 3. The predicted molar refractivity (Wildman–Crippen MR) is 75.0 cm³/mol. The first-order chi connectivity index (χ1) is 8.69. The lowest BCUT2D eigenvalue weighted by molar-refractivity contribution is 0.280. The van der Waals surface area contributed by atoms with Crippen LogP contribution in [-0.4, -0.2) is 17.6 Å². The van der Waals surface area contributed by atoms with E-state index in [9.17, 15) is 0 Å². The zero-order chi connectivity index (χ0) is 13.0. The van der Waals surface area contributed by atoms with E-state index in [1.807, 2.05) is 19.2 Å². The lowest BCUT2D eigenvalue weighted by Gasteiger charge is -2.33. The molecule has 3 unspecified atom stereocenters. The van der Waals surface area contributed by atoms with Gasteiger partial charge in [0.15, 0.2) is 0 Å². The van der Waals surface area contributed by atoms with Gasteiger partial charge in [0.25, 0.3) is 0 Å². The quantitative estimate of drug-likeness (QED) is 0.882. The molecule has 0 bridgehead atoms. The van der Waals surface area contributed by atoms with Crippen molar-refractivity contribution >= 4 is 5.69 Å². The number of nitrogens with zero attached hydrogens (tertiary/aromatic N) is 1. The fraction of sp³-hybridized carbons (Fsp3) is 0.667. The summed E-state index contributed by atoms with van der Waals surface area (Å²) >= 11 is 0. The number of anilines is 1. The van der Waals surface area contributed by atoms with Crippen molar-refractivity contribution in [3.05, 3.63) is 18.3 Å².